The summed E-state index contributed by atoms with van der Waals surface area (Å²) < 4.78 is 44.6. The highest BCUT2D eigenvalue weighted by atomic mass is 19.4. The number of nitrogens with zero attached hydrogens (tertiary/aromatic N) is 3. The summed E-state index contributed by atoms with van der Waals surface area (Å²) in [5.74, 6) is -0.251. The summed E-state index contributed by atoms with van der Waals surface area (Å²) in [4.78, 5) is 12.0. The third kappa shape index (κ3) is 2.14. The number of hydrogen-bond acceptors (Lipinski definition) is 4. The van der Waals surface area contributed by atoms with Crippen LogP contribution in [0.2, 0.25) is 0 Å². The van der Waals surface area contributed by atoms with E-state index in [1.54, 1.807) is 6.92 Å². The molecule has 0 aliphatic heterocycles. The second kappa shape index (κ2) is 4.44. The Kier molecular flexibility index (Phi) is 2.93. The second-order valence-corrected chi connectivity index (χ2v) is 4.97. The zero-order valence-electron chi connectivity index (χ0n) is 11.1. The standard InChI is InChI=1S/C13H12F3N3O2/c1-2-21-11(20)12(5-6-12)10-18-17-9-4-3-8(7-19(9)10)13(14,15)16/h3-4,7H,2,5-6H2,1H3. The molecule has 0 atom stereocenters. The van der Waals surface area contributed by atoms with Gasteiger partial charge in [0.25, 0.3) is 0 Å². The van der Waals surface area contributed by atoms with Crippen molar-refractivity contribution in [1.82, 2.24) is 14.6 Å². The van der Waals surface area contributed by atoms with Crippen molar-refractivity contribution in [3.05, 3.63) is 29.7 Å². The minimum Gasteiger partial charge on any atom is -0.465 e. The van der Waals surface area contributed by atoms with E-state index in [-0.39, 0.29) is 18.1 Å². The van der Waals surface area contributed by atoms with Gasteiger partial charge in [-0.05, 0) is 31.9 Å². The van der Waals surface area contributed by atoms with E-state index in [1.165, 1.54) is 10.5 Å². The molecule has 1 aliphatic carbocycles. The molecular weight excluding hydrogens is 287 g/mol. The van der Waals surface area contributed by atoms with Crippen LogP contribution < -0.4 is 0 Å². The van der Waals surface area contributed by atoms with Crippen LogP contribution in [0.1, 0.15) is 31.2 Å². The van der Waals surface area contributed by atoms with E-state index < -0.39 is 23.1 Å². The maximum Gasteiger partial charge on any atom is 0.417 e. The summed E-state index contributed by atoms with van der Waals surface area (Å²) in [5.41, 5.74) is -1.50. The molecule has 1 aliphatic rings. The highest BCUT2D eigenvalue weighted by molar-refractivity contribution is 5.85. The Bertz CT molecular complexity index is 704. The lowest BCUT2D eigenvalue weighted by molar-refractivity contribution is -0.146. The van der Waals surface area contributed by atoms with Gasteiger partial charge in [0.15, 0.2) is 11.5 Å². The number of halogens is 3. The second-order valence-electron chi connectivity index (χ2n) is 4.97. The van der Waals surface area contributed by atoms with E-state index >= 15 is 0 Å². The molecule has 5 nitrogen and oxygen atoms in total. The quantitative estimate of drug-likeness (QED) is 0.816. The van der Waals surface area contributed by atoms with E-state index in [4.69, 9.17) is 4.74 Å². The molecule has 0 N–H and O–H groups in total. The van der Waals surface area contributed by atoms with Gasteiger partial charge in [-0.3, -0.25) is 9.20 Å². The van der Waals surface area contributed by atoms with E-state index in [9.17, 15) is 18.0 Å². The van der Waals surface area contributed by atoms with Crippen LogP contribution in [0.15, 0.2) is 18.3 Å². The summed E-state index contributed by atoms with van der Waals surface area (Å²) in [7, 11) is 0. The van der Waals surface area contributed by atoms with E-state index in [0.29, 0.717) is 12.8 Å². The third-order valence-electron chi connectivity index (χ3n) is 3.57. The van der Waals surface area contributed by atoms with Crippen LogP contribution in [0.4, 0.5) is 13.2 Å². The Morgan fingerprint density at radius 1 is 1.38 bits per heavy atom. The van der Waals surface area contributed by atoms with Crippen LogP contribution in [-0.2, 0) is 21.1 Å². The van der Waals surface area contributed by atoms with Gasteiger partial charge in [0.2, 0.25) is 0 Å². The fraction of sp³-hybridized carbons (Fsp3) is 0.462. The third-order valence-corrected chi connectivity index (χ3v) is 3.57. The Balaban J connectivity index is 2.10. The number of esters is 1. The molecule has 112 valence electrons. The molecule has 0 aromatic carbocycles. The Morgan fingerprint density at radius 2 is 2.10 bits per heavy atom. The number of pyridine rings is 1. The largest absolute Gasteiger partial charge is 0.465 e. The topological polar surface area (TPSA) is 56.5 Å². The Labute approximate surface area is 117 Å². The maximum atomic E-state index is 12.8. The Hall–Kier alpha value is -2.12. The lowest BCUT2D eigenvalue weighted by Gasteiger charge is -2.13. The monoisotopic (exact) mass is 299 g/mol. The van der Waals surface area contributed by atoms with Crippen molar-refractivity contribution in [2.75, 3.05) is 6.61 Å². The number of carbonyl (C=O) groups excluding carboxylic acids is 1. The number of ether oxygens (including phenoxy) is 1. The van der Waals surface area contributed by atoms with Gasteiger partial charge in [0.05, 0.1) is 12.2 Å². The molecule has 0 radical (unpaired) electrons. The van der Waals surface area contributed by atoms with Crippen LogP contribution in [-0.4, -0.2) is 27.2 Å². The normalized spacial score (nSPS) is 17.0. The fourth-order valence-electron chi connectivity index (χ4n) is 2.30. The van der Waals surface area contributed by atoms with E-state index in [0.717, 1.165) is 12.3 Å². The average molecular weight is 299 g/mol. The first kappa shape index (κ1) is 13.8. The van der Waals surface area contributed by atoms with Crippen molar-refractivity contribution >= 4 is 11.6 Å². The van der Waals surface area contributed by atoms with Crippen LogP contribution in [0.25, 0.3) is 5.65 Å². The van der Waals surface area contributed by atoms with Crippen LogP contribution in [0, 0.1) is 0 Å². The summed E-state index contributed by atoms with van der Waals surface area (Å²) in [6.07, 6.45) is -2.54. The smallest absolute Gasteiger partial charge is 0.417 e. The predicted molar refractivity (Wildman–Crippen MR) is 65.5 cm³/mol. The summed E-state index contributed by atoms with van der Waals surface area (Å²) in [6.45, 7) is 1.89. The molecule has 0 bridgehead atoms. The molecule has 0 amide bonds. The van der Waals surface area contributed by atoms with Gasteiger partial charge in [-0.15, -0.1) is 10.2 Å². The van der Waals surface area contributed by atoms with E-state index in [1.807, 2.05) is 0 Å². The first-order valence-electron chi connectivity index (χ1n) is 6.48. The molecule has 2 heterocycles. The molecule has 3 rings (SSSR count). The van der Waals surface area contributed by atoms with Gasteiger partial charge in [-0.25, -0.2) is 0 Å². The molecule has 8 heteroatoms. The molecule has 2 aromatic heterocycles. The van der Waals surface area contributed by atoms with Crippen molar-refractivity contribution in [2.45, 2.75) is 31.4 Å². The average Bonchev–Trinajstić information content (AvgIpc) is 3.11. The number of rotatable bonds is 3. The lowest BCUT2D eigenvalue weighted by atomic mass is 10.1. The summed E-state index contributed by atoms with van der Waals surface area (Å²) >= 11 is 0. The molecule has 0 spiro atoms. The van der Waals surface area contributed by atoms with Gasteiger partial charge >= 0.3 is 12.1 Å². The minimum absolute atomic E-state index is 0.210. The first-order chi connectivity index (χ1) is 9.88. The zero-order valence-corrected chi connectivity index (χ0v) is 11.1. The van der Waals surface area contributed by atoms with Gasteiger partial charge in [-0.1, -0.05) is 0 Å². The molecule has 21 heavy (non-hydrogen) atoms. The van der Waals surface area contributed by atoms with Crippen molar-refractivity contribution in [2.24, 2.45) is 0 Å². The van der Waals surface area contributed by atoms with Crippen molar-refractivity contribution in [1.29, 1.82) is 0 Å². The number of aromatic nitrogens is 3. The fourth-order valence-corrected chi connectivity index (χ4v) is 2.30. The minimum atomic E-state index is -4.46. The Morgan fingerprint density at radius 3 is 2.67 bits per heavy atom. The predicted octanol–water partition coefficient (Wildman–Crippen LogP) is 2.34. The first-order valence-corrected chi connectivity index (χ1v) is 6.48. The molecular formula is C13H12F3N3O2. The maximum absolute atomic E-state index is 12.8. The van der Waals surface area contributed by atoms with Crippen LogP contribution in [0.3, 0.4) is 0 Å². The number of fused-ring (bicyclic) bond motifs is 1. The zero-order chi connectivity index (χ0) is 15.3. The SMILES string of the molecule is CCOC(=O)C1(c2nnc3ccc(C(F)(F)F)cn23)CC1. The molecule has 0 saturated heterocycles. The van der Waals surface area contributed by atoms with Crippen molar-refractivity contribution in [3.8, 4) is 0 Å². The summed E-state index contributed by atoms with van der Waals surface area (Å²) in [5, 5.41) is 7.73. The lowest BCUT2D eigenvalue weighted by Crippen LogP contribution is -2.26. The molecule has 1 fully saturated rings. The highest BCUT2D eigenvalue weighted by Gasteiger charge is 2.56. The van der Waals surface area contributed by atoms with Gasteiger partial charge < -0.3 is 4.74 Å². The van der Waals surface area contributed by atoms with Crippen molar-refractivity contribution in [3.63, 3.8) is 0 Å². The number of carbonyl (C=O) groups is 1. The van der Waals surface area contributed by atoms with E-state index in [2.05, 4.69) is 10.2 Å². The van der Waals surface area contributed by atoms with Gasteiger partial charge in [0.1, 0.15) is 5.41 Å². The number of alkyl halides is 3. The van der Waals surface area contributed by atoms with Crippen LogP contribution in [0.5, 0.6) is 0 Å². The molecule has 1 saturated carbocycles. The summed E-state index contributed by atoms with van der Waals surface area (Å²) in [6, 6.07) is 2.18. The highest BCUT2D eigenvalue weighted by Crippen LogP contribution is 2.48. The molecule has 0 unspecified atom stereocenters. The van der Waals surface area contributed by atoms with Gasteiger partial charge in [-0.2, -0.15) is 13.2 Å². The number of hydrogen-bond donors (Lipinski definition) is 0. The van der Waals surface area contributed by atoms with Crippen molar-refractivity contribution < 1.29 is 22.7 Å². The van der Waals surface area contributed by atoms with Gasteiger partial charge in [0, 0.05) is 6.20 Å². The van der Waals surface area contributed by atoms with Crippen LogP contribution >= 0.6 is 0 Å². The molecule has 2 aromatic rings.